The van der Waals surface area contributed by atoms with Gasteiger partial charge in [0.1, 0.15) is 11.2 Å². The Hall–Kier alpha value is -1.36. The van der Waals surface area contributed by atoms with E-state index in [9.17, 15) is 9.59 Å². The Morgan fingerprint density at radius 2 is 1.82 bits per heavy atom. The molecule has 78 valence electrons. The Morgan fingerprint density at radius 1 is 1.06 bits per heavy atom. The van der Waals surface area contributed by atoms with E-state index >= 15 is 0 Å². The van der Waals surface area contributed by atoms with E-state index < -0.39 is 0 Å². The molecule has 1 aromatic carbocycles. The summed E-state index contributed by atoms with van der Waals surface area (Å²) >= 11 is 0. The van der Waals surface area contributed by atoms with E-state index in [2.05, 4.69) is 4.98 Å². The molecule has 0 saturated heterocycles. The quantitative estimate of drug-likeness (QED) is 0.267. The minimum Gasteiger partial charge on any atom is -0.482 e. The van der Waals surface area contributed by atoms with Gasteiger partial charge in [0.05, 0.1) is 5.58 Å². The van der Waals surface area contributed by atoms with Gasteiger partial charge in [0.2, 0.25) is 0 Å². The summed E-state index contributed by atoms with van der Waals surface area (Å²) in [6.45, 7) is 0. The third-order valence-corrected chi connectivity index (χ3v) is 2.32. The third-order valence-electron chi connectivity index (χ3n) is 2.32. The second kappa shape index (κ2) is 4.49. The molecular formula is C12H6NNaO3. The maximum Gasteiger partial charge on any atom is 1.00 e. The van der Waals surface area contributed by atoms with E-state index in [1.165, 1.54) is 24.3 Å². The van der Waals surface area contributed by atoms with E-state index in [0.717, 1.165) is 0 Å². The van der Waals surface area contributed by atoms with Gasteiger partial charge in [-0.1, -0.05) is 18.2 Å². The minimum atomic E-state index is -0.143. The topological polar surface area (TPSA) is 60.2 Å². The minimum absolute atomic E-state index is 0. The molecule has 0 amide bonds. The zero-order valence-electron chi connectivity index (χ0n) is 9.14. The van der Waals surface area contributed by atoms with Crippen LogP contribution in [0.5, 0.6) is 0 Å². The standard InChI is InChI=1S/C12H6NO3.Na/c14-7-1-3-9-11(5-7)16-12-6-8(15)2-4-10(12)13-9;/h1-6H;/q-1;+1. The molecular weight excluding hydrogens is 229 g/mol. The van der Waals surface area contributed by atoms with Gasteiger partial charge >= 0.3 is 29.6 Å². The van der Waals surface area contributed by atoms with Crippen molar-refractivity contribution in [3.63, 3.8) is 0 Å². The average Bonchev–Trinajstić information content (AvgIpc) is 2.26. The van der Waals surface area contributed by atoms with Crippen LogP contribution < -0.4 is 40.4 Å². The Kier molecular flexibility index (Phi) is 3.19. The molecule has 5 heteroatoms. The summed E-state index contributed by atoms with van der Waals surface area (Å²) in [5, 5.41) is 0. The van der Waals surface area contributed by atoms with Crippen molar-refractivity contribution in [1.82, 2.24) is 4.98 Å². The summed E-state index contributed by atoms with van der Waals surface area (Å²) in [5.74, 6) is 0.394. The summed E-state index contributed by atoms with van der Waals surface area (Å²) in [6, 6.07) is 8.78. The first kappa shape index (κ1) is 12.1. The summed E-state index contributed by atoms with van der Waals surface area (Å²) in [7, 11) is 0. The van der Waals surface area contributed by atoms with Crippen molar-refractivity contribution in [2.24, 2.45) is 0 Å². The number of rotatable bonds is 0. The summed E-state index contributed by atoms with van der Waals surface area (Å²) < 4.78 is 5.45. The molecule has 1 aliphatic carbocycles. The molecule has 1 heterocycles. The summed E-state index contributed by atoms with van der Waals surface area (Å²) in [6.07, 6.45) is 0. The molecule has 1 aliphatic heterocycles. The van der Waals surface area contributed by atoms with E-state index in [0.29, 0.717) is 22.6 Å². The monoisotopic (exact) mass is 235 g/mol. The van der Waals surface area contributed by atoms with Gasteiger partial charge < -0.3 is 14.2 Å². The first-order chi connectivity index (χ1) is 7.72. The molecule has 4 nitrogen and oxygen atoms in total. The van der Waals surface area contributed by atoms with Crippen LogP contribution in [-0.4, -0.2) is 4.98 Å². The SMILES string of the molecule is O=c1ccc2n[c-]3ccc(=O)cc3oc-2c1.[Na+]. The van der Waals surface area contributed by atoms with Crippen LogP contribution in [-0.2, 0) is 0 Å². The second-order valence-electron chi connectivity index (χ2n) is 3.47. The number of fused-ring (bicyclic) bond motifs is 2. The van der Waals surface area contributed by atoms with Crippen molar-refractivity contribution >= 4 is 11.1 Å². The van der Waals surface area contributed by atoms with Crippen molar-refractivity contribution in [2.45, 2.75) is 0 Å². The van der Waals surface area contributed by atoms with Crippen molar-refractivity contribution < 1.29 is 34.0 Å². The Morgan fingerprint density at radius 3 is 2.65 bits per heavy atom. The zero-order chi connectivity index (χ0) is 11.1. The number of nitrogens with zero attached hydrogens (tertiary/aromatic N) is 1. The van der Waals surface area contributed by atoms with Crippen molar-refractivity contribution in [3.05, 3.63) is 56.8 Å². The Balaban J connectivity index is 0.00000108. The van der Waals surface area contributed by atoms with Crippen LogP contribution in [0.25, 0.3) is 22.6 Å². The van der Waals surface area contributed by atoms with E-state index in [4.69, 9.17) is 4.42 Å². The van der Waals surface area contributed by atoms with Crippen LogP contribution in [0, 0.1) is 0 Å². The van der Waals surface area contributed by atoms with E-state index in [-0.39, 0.29) is 40.4 Å². The molecule has 0 atom stereocenters. The van der Waals surface area contributed by atoms with Gasteiger partial charge in [0, 0.05) is 17.3 Å². The van der Waals surface area contributed by atoms with Gasteiger partial charge in [-0.3, -0.25) is 4.79 Å². The van der Waals surface area contributed by atoms with Gasteiger partial charge in [-0.2, -0.15) is 0 Å². The normalized spacial score (nSPS) is 10.4. The van der Waals surface area contributed by atoms with Crippen molar-refractivity contribution in [1.29, 1.82) is 0 Å². The van der Waals surface area contributed by atoms with E-state index in [1.54, 1.807) is 12.1 Å². The molecule has 3 rings (SSSR count). The fraction of sp³-hybridized carbons (Fsp3) is 0. The Labute approximate surface area is 118 Å². The van der Waals surface area contributed by atoms with Crippen LogP contribution in [0.2, 0.25) is 0 Å². The molecule has 0 unspecified atom stereocenters. The molecule has 0 N–H and O–H groups in total. The summed E-state index contributed by atoms with van der Waals surface area (Å²) in [5.41, 5.74) is 1.31. The largest absolute Gasteiger partial charge is 1.00 e. The molecule has 0 spiro atoms. The van der Waals surface area contributed by atoms with Crippen LogP contribution >= 0.6 is 0 Å². The van der Waals surface area contributed by atoms with Gasteiger partial charge in [-0.25, -0.2) is 0 Å². The molecule has 0 radical (unpaired) electrons. The molecule has 2 aliphatic rings. The number of hydrogen-bond donors (Lipinski definition) is 0. The van der Waals surface area contributed by atoms with Crippen molar-refractivity contribution in [3.8, 4) is 11.5 Å². The van der Waals surface area contributed by atoms with Gasteiger partial charge in [0.25, 0.3) is 0 Å². The molecule has 0 bridgehead atoms. The summed E-state index contributed by atoms with van der Waals surface area (Å²) in [4.78, 5) is 26.6. The number of hydrogen-bond acceptors (Lipinski definition) is 4. The number of benzene rings is 2. The van der Waals surface area contributed by atoms with Gasteiger partial charge in [-0.15, -0.1) is 6.07 Å². The Bertz CT molecular complexity index is 751. The fourth-order valence-electron chi connectivity index (χ4n) is 1.59. The molecule has 17 heavy (non-hydrogen) atoms. The molecule has 1 aromatic rings. The average molecular weight is 235 g/mol. The first-order valence-electron chi connectivity index (χ1n) is 4.74. The third kappa shape index (κ3) is 2.20. The predicted molar refractivity (Wildman–Crippen MR) is 58.8 cm³/mol. The number of aromatic nitrogens is 1. The molecule has 0 fully saturated rings. The van der Waals surface area contributed by atoms with Crippen LogP contribution in [0.3, 0.4) is 0 Å². The first-order valence-corrected chi connectivity index (χ1v) is 4.74. The van der Waals surface area contributed by atoms with Crippen LogP contribution in [0.15, 0.2) is 50.4 Å². The van der Waals surface area contributed by atoms with Gasteiger partial charge in [0.15, 0.2) is 5.43 Å². The van der Waals surface area contributed by atoms with E-state index in [1.807, 2.05) is 0 Å². The van der Waals surface area contributed by atoms with Crippen LogP contribution in [0.1, 0.15) is 0 Å². The fourth-order valence-corrected chi connectivity index (χ4v) is 1.59. The maximum absolute atomic E-state index is 11.1. The predicted octanol–water partition coefficient (Wildman–Crippen LogP) is -1.62. The van der Waals surface area contributed by atoms with Crippen LogP contribution in [0.4, 0.5) is 0 Å². The van der Waals surface area contributed by atoms with Gasteiger partial charge in [-0.05, 0) is 6.07 Å². The molecule has 0 aromatic heterocycles. The smallest absolute Gasteiger partial charge is 0.482 e. The van der Waals surface area contributed by atoms with Crippen molar-refractivity contribution in [2.75, 3.05) is 0 Å². The second-order valence-corrected chi connectivity index (χ2v) is 3.47. The maximum atomic E-state index is 11.1. The zero-order valence-corrected chi connectivity index (χ0v) is 11.1. The molecule has 0 saturated carbocycles.